The summed E-state index contributed by atoms with van der Waals surface area (Å²) >= 11 is 0. The maximum Gasteiger partial charge on any atom is 0.267 e. The molecule has 6 nitrogen and oxygen atoms in total. The summed E-state index contributed by atoms with van der Waals surface area (Å²) < 4.78 is 0. The van der Waals surface area contributed by atoms with Gasteiger partial charge in [0.05, 0.1) is 0 Å². The number of carbonyl (C=O) groups excluding carboxylic acids is 2. The smallest absolute Gasteiger partial charge is 0.267 e. The molecule has 0 atom stereocenters. The van der Waals surface area contributed by atoms with Crippen LogP contribution in [0.25, 0.3) is 0 Å². The molecule has 0 aliphatic heterocycles. The van der Waals surface area contributed by atoms with Gasteiger partial charge in [-0.25, -0.2) is 0 Å². The highest BCUT2D eigenvalue weighted by Crippen LogP contribution is 2.26. The second kappa shape index (κ2) is 5.69. The Labute approximate surface area is 111 Å². The summed E-state index contributed by atoms with van der Waals surface area (Å²) in [5.74, 6) is -0.754. The van der Waals surface area contributed by atoms with Crippen LogP contribution in [0, 0.1) is 5.92 Å². The van der Waals surface area contributed by atoms with Crippen LogP contribution >= 0.6 is 0 Å². The first-order chi connectivity index (χ1) is 9.06. The molecule has 5 N–H and O–H groups in total. The van der Waals surface area contributed by atoms with E-state index < -0.39 is 5.91 Å². The van der Waals surface area contributed by atoms with Gasteiger partial charge in [-0.05, 0) is 37.8 Å². The lowest BCUT2D eigenvalue weighted by atomic mass is 9.85. The Kier molecular flexibility index (Phi) is 3.99. The quantitative estimate of drug-likeness (QED) is 0.739. The van der Waals surface area contributed by atoms with Crippen LogP contribution in [0.15, 0.2) is 18.3 Å². The van der Waals surface area contributed by atoms with Gasteiger partial charge < -0.3 is 16.8 Å². The Bertz CT molecular complexity index is 481. The first-order valence-electron chi connectivity index (χ1n) is 6.38. The third kappa shape index (κ3) is 3.43. The Morgan fingerprint density at radius 3 is 2.47 bits per heavy atom. The van der Waals surface area contributed by atoms with E-state index in [1.165, 1.54) is 0 Å². The summed E-state index contributed by atoms with van der Waals surface area (Å²) in [5.41, 5.74) is 11.6. The van der Waals surface area contributed by atoms with Crippen molar-refractivity contribution in [2.24, 2.45) is 17.4 Å². The van der Waals surface area contributed by atoms with Gasteiger partial charge in [-0.2, -0.15) is 0 Å². The van der Waals surface area contributed by atoms with Crippen LogP contribution in [0.3, 0.4) is 0 Å². The van der Waals surface area contributed by atoms with E-state index in [2.05, 4.69) is 10.3 Å². The Morgan fingerprint density at radius 2 is 1.89 bits per heavy atom. The van der Waals surface area contributed by atoms with Crippen molar-refractivity contribution >= 4 is 17.5 Å². The zero-order valence-corrected chi connectivity index (χ0v) is 10.6. The topological polar surface area (TPSA) is 111 Å². The van der Waals surface area contributed by atoms with Crippen LogP contribution in [-0.2, 0) is 4.79 Å². The molecule has 1 heterocycles. The average Bonchev–Trinajstić information content (AvgIpc) is 2.39. The fourth-order valence-electron chi connectivity index (χ4n) is 2.41. The Morgan fingerprint density at radius 1 is 1.21 bits per heavy atom. The van der Waals surface area contributed by atoms with E-state index in [0.717, 1.165) is 31.4 Å². The van der Waals surface area contributed by atoms with Gasteiger partial charge in [-0.1, -0.05) is 0 Å². The molecule has 102 valence electrons. The van der Waals surface area contributed by atoms with Gasteiger partial charge in [0.2, 0.25) is 5.91 Å². The number of primary amides is 2. The minimum Gasteiger partial charge on any atom is -0.382 e. The Balaban J connectivity index is 1.94. The van der Waals surface area contributed by atoms with Gasteiger partial charge in [-0.15, -0.1) is 0 Å². The lowest BCUT2D eigenvalue weighted by molar-refractivity contribution is -0.122. The van der Waals surface area contributed by atoms with Crippen molar-refractivity contribution in [3.05, 3.63) is 24.0 Å². The molecule has 0 unspecified atom stereocenters. The molecule has 0 spiro atoms. The van der Waals surface area contributed by atoms with E-state index in [9.17, 15) is 9.59 Å². The van der Waals surface area contributed by atoms with E-state index in [0.29, 0.717) is 6.04 Å². The highest BCUT2D eigenvalue weighted by molar-refractivity contribution is 5.91. The molecular formula is C13H18N4O2. The number of rotatable bonds is 4. The van der Waals surface area contributed by atoms with Crippen molar-refractivity contribution in [3.8, 4) is 0 Å². The minimum atomic E-state index is -0.541. The van der Waals surface area contributed by atoms with Crippen LogP contribution in [0.2, 0.25) is 0 Å². The van der Waals surface area contributed by atoms with E-state index >= 15 is 0 Å². The molecular weight excluding hydrogens is 244 g/mol. The summed E-state index contributed by atoms with van der Waals surface area (Å²) in [6.45, 7) is 0. The number of nitrogens with two attached hydrogens (primary N) is 2. The lowest BCUT2D eigenvalue weighted by Gasteiger charge is -2.28. The lowest BCUT2D eigenvalue weighted by Crippen LogP contribution is -2.32. The number of hydrogen-bond acceptors (Lipinski definition) is 4. The molecule has 1 aliphatic carbocycles. The van der Waals surface area contributed by atoms with Crippen LogP contribution in [0.5, 0.6) is 0 Å². The predicted molar refractivity (Wildman–Crippen MR) is 71.3 cm³/mol. The fourth-order valence-corrected chi connectivity index (χ4v) is 2.41. The van der Waals surface area contributed by atoms with E-state index in [1.54, 1.807) is 18.3 Å². The zero-order valence-electron chi connectivity index (χ0n) is 10.6. The molecule has 19 heavy (non-hydrogen) atoms. The fraction of sp³-hybridized carbons (Fsp3) is 0.462. The molecule has 1 aromatic rings. The number of nitrogens with one attached hydrogen (secondary N) is 1. The van der Waals surface area contributed by atoms with Gasteiger partial charge in [0.15, 0.2) is 0 Å². The van der Waals surface area contributed by atoms with Crippen LogP contribution in [0.1, 0.15) is 36.2 Å². The van der Waals surface area contributed by atoms with Crippen molar-refractivity contribution in [1.82, 2.24) is 4.98 Å². The molecule has 2 amide bonds. The van der Waals surface area contributed by atoms with Crippen LogP contribution in [0.4, 0.5) is 5.69 Å². The van der Waals surface area contributed by atoms with Crippen LogP contribution < -0.4 is 16.8 Å². The molecule has 2 rings (SSSR count). The van der Waals surface area contributed by atoms with Gasteiger partial charge in [0.1, 0.15) is 5.69 Å². The second-order valence-corrected chi connectivity index (χ2v) is 4.89. The third-order valence-electron chi connectivity index (χ3n) is 3.51. The van der Waals surface area contributed by atoms with Crippen molar-refractivity contribution < 1.29 is 9.59 Å². The summed E-state index contributed by atoms with van der Waals surface area (Å²) in [4.78, 5) is 26.0. The summed E-state index contributed by atoms with van der Waals surface area (Å²) in [6.07, 6.45) is 4.95. The normalized spacial score (nSPS) is 22.7. The number of carbonyl (C=O) groups is 2. The largest absolute Gasteiger partial charge is 0.382 e. The molecule has 1 fully saturated rings. The maximum absolute atomic E-state index is 11.1. The van der Waals surface area contributed by atoms with Crippen LogP contribution in [-0.4, -0.2) is 22.8 Å². The molecule has 0 radical (unpaired) electrons. The summed E-state index contributed by atoms with van der Waals surface area (Å²) in [7, 11) is 0. The average molecular weight is 262 g/mol. The molecule has 1 saturated carbocycles. The highest BCUT2D eigenvalue weighted by Gasteiger charge is 2.24. The van der Waals surface area contributed by atoms with Crippen molar-refractivity contribution in [2.75, 3.05) is 5.32 Å². The molecule has 0 saturated heterocycles. The highest BCUT2D eigenvalue weighted by atomic mass is 16.1. The van der Waals surface area contributed by atoms with Crippen molar-refractivity contribution in [1.29, 1.82) is 0 Å². The zero-order chi connectivity index (χ0) is 13.8. The summed E-state index contributed by atoms with van der Waals surface area (Å²) in [6, 6.07) is 3.73. The number of aromatic nitrogens is 1. The molecule has 0 bridgehead atoms. The SMILES string of the molecule is NC(=O)c1cc(NC2CCC(C(N)=O)CC2)ccn1. The Hall–Kier alpha value is -2.11. The first kappa shape index (κ1) is 13.3. The first-order valence-corrected chi connectivity index (χ1v) is 6.38. The van der Waals surface area contributed by atoms with Gasteiger partial charge >= 0.3 is 0 Å². The van der Waals surface area contributed by atoms with E-state index in [-0.39, 0.29) is 17.5 Å². The van der Waals surface area contributed by atoms with Gasteiger partial charge in [-0.3, -0.25) is 14.6 Å². The number of pyridine rings is 1. The number of amides is 2. The molecule has 1 aromatic heterocycles. The van der Waals surface area contributed by atoms with Gasteiger partial charge in [0, 0.05) is 23.8 Å². The standard InChI is InChI=1S/C13H18N4O2/c14-12(18)8-1-3-9(4-2-8)17-10-5-6-16-11(7-10)13(15)19/h5-9H,1-4H2,(H2,14,18)(H2,15,19)(H,16,17). The van der Waals surface area contributed by atoms with E-state index in [1.807, 2.05) is 0 Å². The minimum absolute atomic E-state index is 0.00308. The third-order valence-corrected chi connectivity index (χ3v) is 3.51. The summed E-state index contributed by atoms with van der Waals surface area (Å²) in [5, 5.41) is 3.34. The number of hydrogen-bond donors (Lipinski definition) is 3. The molecule has 6 heteroatoms. The molecule has 0 aromatic carbocycles. The maximum atomic E-state index is 11.1. The molecule has 1 aliphatic rings. The number of nitrogens with zero attached hydrogens (tertiary/aromatic N) is 1. The second-order valence-electron chi connectivity index (χ2n) is 4.89. The van der Waals surface area contributed by atoms with Crippen molar-refractivity contribution in [3.63, 3.8) is 0 Å². The van der Waals surface area contributed by atoms with E-state index in [4.69, 9.17) is 11.5 Å². The monoisotopic (exact) mass is 262 g/mol. The van der Waals surface area contributed by atoms with Gasteiger partial charge in [0.25, 0.3) is 5.91 Å². The van der Waals surface area contributed by atoms with Crippen molar-refractivity contribution in [2.45, 2.75) is 31.7 Å². The number of anilines is 1. The predicted octanol–water partition coefficient (Wildman–Crippen LogP) is 0.636.